The summed E-state index contributed by atoms with van der Waals surface area (Å²) in [5.74, 6) is -9.95. The number of hydrogen-bond donors (Lipinski definition) is 11. The maximum Gasteiger partial charge on any atom is 0.336 e. The number of carbonyl (C=O) groups excluding carboxylic acids is 4. The van der Waals surface area contributed by atoms with Crippen LogP contribution in [-0.2, 0) is 55.6 Å². The molecule has 34 heteroatoms. The summed E-state index contributed by atoms with van der Waals surface area (Å²) in [5.41, 5.74) is 11.1. The number of carboxylic acid groups (broad SMARTS) is 3. The second kappa shape index (κ2) is 25.8. The lowest BCUT2D eigenvalue weighted by Gasteiger charge is -2.28. The minimum atomic E-state index is -5.61. The van der Waals surface area contributed by atoms with Gasteiger partial charge in [0.05, 0.1) is 40.3 Å². The number of hydroxylamine groups is 1. The highest BCUT2D eigenvalue weighted by atomic mass is 32.2. The standard InChI is InChI=1S/C52H52N12O19S3/c1-2-3-4-17-58-83-48(24-7-10-27(30(18-24)49(70)71)38-28-11-13-31(53)42(85(76,77)78)40(28)82-41-29(38)12-14-32(54)43(41)86(79,80)81)64-37(66)19-35(47(64)69)84-22-34(51(74)75)60-36(65)16-15-33(50(72)73)61-45(67)23-5-8-25(9-6-23)56-20-26-21-57-44-39(59-26)46(68)63-52(55)62-44/h5-14,18,21,33-35,48,53,56,58H,2-4,15-17,19-20,22,54H2,1H3,(H,60,65)(H,61,67)(H,70,71)(H,72,73)(H,74,75)(H,76,77,78)(H,79,80,81)(H3,55,57,62,63,68)/p-2. The second-order valence-corrected chi connectivity index (χ2v) is 23.0. The number of nitrogens with zero attached hydrogens (tertiary/aromatic N) is 4. The number of likely N-dealkylation sites (tertiary alicyclic amines) is 1. The predicted molar refractivity (Wildman–Crippen MR) is 299 cm³/mol. The summed E-state index contributed by atoms with van der Waals surface area (Å²) in [5, 5.41) is 44.1. The van der Waals surface area contributed by atoms with E-state index in [9.17, 15) is 79.6 Å². The lowest BCUT2D eigenvalue weighted by Crippen LogP contribution is -2.45. The number of thioether (sulfide) groups is 1. The van der Waals surface area contributed by atoms with E-state index in [4.69, 9.17) is 26.1 Å². The molecular formula is C52H50N12O19S3-2. The van der Waals surface area contributed by atoms with E-state index in [2.05, 4.69) is 41.4 Å². The zero-order valence-electron chi connectivity index (χ0n) is 44.6. The summed E-state index contributed by atoms with van der Waals surface area (Å²) < 4.78 is 81.2. The molecule has 0 saturated carbocycles. The van der Waals surface area contributed by atoms with Crippen molar-refractivity contribution in [2.45, 2.75) is 85.3 Å². The molecule has 0 spiro atoms. The van der Waals surface area contributed by atoms with Crippen LogP contribution in [0.3, 0.4) is 0 Å². The van der Waals surface area contributed by atoms with E-state index in [1.54, 1.807) is 0 Å². The molecule has 3 aliphatic rings. The maximum atomic E-state index is 14.3. The number of amides is 4. The van der Waals surface area contributed by atoms with Gasteiger partial charge in [-0.05, 0) is 73.0 Å². The van der Waals surface area contributed by atoms with Gasteiger partial charge in [0.25, 0.3) is 11.5 Å². The van der Waals surface area contributed by atoms with Gasteiger partial charge >= 0.3 is 17.9 Å². The average Bonchev–Trinajstić information content (AvgIpc) is 0.869. The first-order chi connectivity index (χ1) is 40.7. The molecule has 1 fully saturated rings. The van der Waals surface area contributed by atoms with Crippen LogP contribution in [0.15, 0.2) is 91.9 Å². The highest BCUT2D eigenvalue weighted by Gasteiger charge is 2.45. The van der Waals surface area contributed by atoms with E-state index in [1.807, 2.05) is 6.92 Å². The molecule has 4 unspecified atom stereocenters. The molecule has 4 heterocycles. The normalized spacial score (nSPS) is 14.7. The molecule has 4 amide bonds. The van der Waals surface area contributed by atoms with Crippen molar-refractivity contribution in [3.8, 4) is 22.5 Å². The Labute approximate surface area is 489 Å². The van der Waals surface area contributed by atoms with Gasteiger partial charge in [0.15, 0.2) is 28.7 Å². The Morgan fingerprint density at radius 1 is 0.895 bits per heavy atom. The van der Waals surface area contributed by atoms with Crippen LogP contribution in [0.4, 0.5) is 17.3 Å². The van der Waals surface area contributed by atoms with Gasteiger partial charge < -0.3 is 56.3 Å². The molecule has 4 atom stereocenters. The third-order valence-electron chi connectivity index (χ3n) is 13.2. The molecular weight excluding hydrogens is 1190 g/mol. The Morgan fingerprint density at radius 3 is 2.26 bits per heavy atom. The van der Waals surface area contributed by atoms with E-state index in [0.717, 1.165) is 42.8 Å². The van der Waals surface area contributed by atoms with Gasteiger partial charge in [0.1, 0.15) is 42.1 Å². The Balaban J connectivity index is 0.964. The van der Waals surface area contributed by atoms with Crippen molar-refractivity contribution in [3.63, 3.8) is 0 Å². The molecule has 86 heavy (non-hydrogen) atoms. The van der Waals surface area contributed by atoms with Crippen LogP contribution in [0.25, 0.3) is 44.6 Å². The minimum absolute atomic E-state index is 0.0294. The van der Waals surface area contributed by atoms with Crippen molar-refractivity contribution in [1.82, 2.24) is 40.9 Å². The Hall–Kier alpha value is -9.45. The molecule has 2 aliphatic heterocycles. The van der Waals surface area contributed by atoms with E-state index in [0.29, 0.717) is 40.9 Å². The van der Waals surface area contributed by atoms with Crippen LogP contribution in [-0.4, -0.2) is 137 Å². The molecule has 8 rings (SSSR count). The number of imide groups is 1. The highest BCUT2D eigenvalue weighted by Crippen LogP contribution is 2.46. The summed E-state index contributed by atoms with van der Waals surface area (Å²) in [7, 11) is -11.2. The SMILES string of the molecule is CCCCCNOC(c1ccc(-c2c3ccc(=N)c(S(=O)(=O)[O-])c-3oc3c(S(=O)(=O)[O-])c(N)ccc23)c(C(=O)O)c1)N1C(=O)CC(SCC(NC(=O)CCC(NC(=O)c2ccc(NCc3cnc4nc(N)[nH]c(=O)c4n3)cc2)C(=O)O)C(=O)O)C1=O. The van der Waals surface area contributed by atoms with Crippen LogP contribution in [0.5, 0.6) is 0 Å². The van der Waals surface area contributed by atoms with Crippen LogP contribution < -0.4 is 43.8 Å². The van der Waals surface area contributed by atoms with Gasteiger partial charge in [-0.3, -0.25) is 39.2 Å². The van der Waals surface area contributed by atoms with E-state index < -0.39 is 154 Å². The minimum Gasteiger partial charge on any atom is -0.744 e. The molecule has 1 aliphatic carbocycles. The van der Waals surface area contributed by atoms with Crippen molar-refractivity contribution in [1.29, 1.82) is 5.41 Å². The molecule has 0 bridgehead atoms. The molecule has 3 aromatic carbocycles. The molecule has 5 aromatic rings. The van der Waals surface area contributed by atoms with Gasteiger partial charge in [-0.2, -0.15) is 10.5 Å². The fraction of sp³-hybridized carbons (Fsp3) is 0.269. The largest absolute Gasteiger partial charge is 0.744 e. The number of unbranched alkanes of at least 4 members (excludes halogenated alkanes) is 2. The van der Waals surface area contributed by atoms with Gasteiger partial charge in [-0.15, -0.1) is 11.8 Å². The monoisotopic (exact) mass is 1240 g/mol. The van der Waals surface area contributed by atoms with E-state index >= 15 is 0 Å². The summed E-state index contributed by atoms with van der Waals surface area (Å²) in [6.45, 7) is 2.18. The summed E-state index contributed by atoms with van der Waals surface area (Å²) >= 11 is 0.663. The summed E-state index contributed by atoms with van der Waals surface area (Å²) in [6.07, 6.45) is 0.00782. The lowest BCUT2D eigenvalue weighted by molar-refractivity contribution is -0.163. The van der Waals surface area contributed by atoms with Gasteiger partial charge in [0.2, 0.25) is 23.7 Å². The first-order valence-electron chi connectivity index (χ1n) is 25.6. The highest BCUT2D eigenvalue weighted by molar-refractivity contribution is 8.00. The molecule has 452 valence electrons. The number of carbonyl (C=O) groups is 7. The number of nitrogen functional groups attached to an aromatic ring is 2. The fourth-order valence-electron chi connectivity index (χ4n) is 9.16. The number of aromatic carboxylic acids is 1. The lowest BCUT2D eigenvalue weighted by atomic mass is 9.89. The van der Waals surface area contributed by atoms with Crippen molar-refractivity contribution in [2.24, 2.45) is 0 Å². The molecule has 1 saturated heterocycles. The summed E-state index contributed by atoms with van der Waals surface area (Å²) in [6, 6.07) is 9.86. The van der Waals surface area contributed by atoms with Crippen molar-refractivity contribution < 1.29 is 84.1 Å². The van der Waals surface area contributed by atoms with Gasteiger partial charge in [0, 0.05) is 58.5 Å². The number of anilines is 3. The maximum absolute atomic E-state index is 14.3. The number of nitrogens with two attached hydrogens (primary N) is 2. The number of H-pyrrole nitrogens is 1. The number of benzene rings is 4. The zero-order chi connectivity index (χ0) is 62.5. The number of carboxylic acids is 3. The Kier molecular flexibility index (Phi) is 18.8. The fourth-order valence-corrected chi connectivity index (χ4v) is 11.8. The quantitative estimate of drug-likeness (QED) is 0.00919. The van der Waals surface area contributed by atoms with Crippen LogP contribution in [0.1, 0.15) is 83.6 Å². The number of rotatable bonds is 26. The predicted octanol–water partition coefficient (Wildman–Crippen LogP) is 1.80. The Bertz CT molecular complexity index is 4220. The third-order valence-corrected chi connectivity index (χ3v) is 16.4. The van der Waals surface area contributed by atoms with Crippen molar-refractivity contribution in [2.75, 3.05) is 29.1 Å². The Morgan fingerprint density at radius 2 is 1.59 bits per heavy atom. The molecule has 31 nitrogen and oxygen atoms in total. The zero-order valence-corrected chi connectivity index (χ0v) is 47.1. The average molecular weight is 1240 g/mol. The molecule has 2 aromatic heterocycles. The number of aromatic nitrogens is 4. The number of nitrogens with one attached hydrogen (secondary N) is 6. The van der Waals surface area contributed by atoms with Gasteiger partial charge in [-0.25, -0.2) is 46.1 Å². The third kappa shape index (κ3) is 13.9. The van der Waals surface area contributed by atoms with E-state index in [-0.39, 0.29) is 63.4 Å². The number of hydrogen-bond acceptors (Lipinski definition) is 25. The first kappa shape index (κ1) is 62.6. The van der Waals surface area contributed by atoms with Crippen LogP contribution in [0.2, 0.25) is 0 Å². The van der Waals surface area contributed by atoms with E-state index in [1.165, 1.54) is 36.5 Å². The van der Waals surface area contributed by atoms with Gasteiger partial charge in [-0.1, -0.05) is 31.9 Å². The van der Waals surface area contributed by atoms with Crippen LogP contribution in [0, 0.1) is 5.41 Å². The second-order valence-electron chi connectivity index (χ2n) is 19.2. The number of aromatic amines is 1. The number of fused-ring (bicyclic) bond motifs is 3. The smallest absolute Gasteiger partial charge is 0.336 e. The first-order valence-corrected chi connectivity index (χ1v) is 29.5. The van der Waals surface area contributed by atoms with Crippen LogP contribution >= 0.6 is 11.8 Å². The molecule has 13 N–H and O–H groups in total. The number of aliphatic carboxylic acids is 2. The molecule has 0 radical (unpaired) electrons. The van der Waals surface area contributed by atoms with Crippen molar-refractivity contribution in [3.05, 3.63) is 111 Å². The summed E-state index contributed by atoms with van der Waals surface area (Å²) in [4.78, 5) is 123. The van der Waals surface area contributed by atoms with Crippen molar-refractivity contribution >= 4 is 113 Å². The topological polar surface area (TPSA) is 516 Å².